The first-order valence-corrected chi connectivity index (χ1v) is 11.4. The summed E-state index contributed by atoms with van der Waals surface area (Å²) < 4.78 is 11.2. The summed E-state index contributed by atoms with van der Waals surface area (Å²) >= 11 is 1.68. The smallest absolute Gasteiger partial charge is 0.337 e. The third-order valence-electron chi connectivity index (χ3n) is 5.79. The highest BCUT2D eigenvalue weighted by Crippen LogP contribution is 2.48. The minimum Gasteiger partial charge on any atom is -0.496 e. The Bertz CT molecular complexity index is 1060. The van der Waals surface area contributed by atoms with Crippen molar-refractivity contribution in [2.24, 2.45) is 0 Å². The molecule has 2 aliphatic rings. The highest BCUT2D eigenvalue weighted by atomic mass is 32.1. The van der Waals surface area contributed by atoms with Gasteiger partial charge in [0.2, 0.25) is 0 Å². The van der Waals surface area contributed by atoms with E-state index in [-0.39, 0.29) is 17.8 Å². The van der Waals surface area contributed by atoms with Crippen molar-refractivity contribution in [3.63, 3.8) is 0 Å². The predicted molar refractivity (Wildman–Crippen MR) is 121 cm³/mol. The van der Waals surface area contributed by atoms with Crippen molar-refractivity contribution in [3.8, 4) is 5.75 Å². The molecule has 0 saturated heterocycles. The number of allylic oxidation sites excluding steroid dienone is 3. The molecule has 1 aliphatic heterocycles. The molecule has 0 radical (unpaired) electrons. The van der Waals surface area contributed by atoms with E-state index in [0.29, 0.717) is 23.3 Å². The van der Waals surface area contributed by atoms with Gasteiger partial charge in [-0.1, -0.05) is 24.3 Å². The van der Waals surface area contributed by atoms with E-state index in [1.54, 1.807) is 18.4 Å². The fourth-order valence-electron chi connectivity index (χ4n) is 4.53. The number of Topliss-reactive ketones (excluding diaryl/α,β-unsaturated/α-hetero) is 1. The van der Waals surface area contributed by atoms with Gasteiger partial charge < -0.3 is 14.8 Å². The maximum atomic E-state index is 13.5. The van der Waals surface area contributed by atoms with Crippen LogP contribution < -0.4 is 10.1 Å². The molecule has 1 aliphatic carbocycles. The summed E-state index contributed by atoms with van der Waals surface area (Å²) in [6, 6.07) is 11.7. The topological polar surface area (TPSA) is 64.6 Å². The van der Waals surface area contributed by atoms with Crippen LogP contribution in [0.25, 0.3) is 0 Å². The molecule has 2 heterocycles. The number of para-hydroxylation sites is 1. The second-order valence-electron chi connectivity index (χ2n) is 8.23. The van der Waals surface area contributed by atoms with Gasteiger partial charge in [0.25, 0.3) is 0 Å². The van der Waals surface area contributed by atoms with Gasteiger partial charge in [0.15, 0.2) is 5.78 Å². The van der Waals surface area contributed by atoms with Crippen molar-refractivity contribution in [3.05, 3.63) is 74.8 Å². The van der Waals surface area contributed by atoms with Gasteiger partial charge in [-0.3, -0.25) is 4.79 Å². The number of ether oxygens (including phenoxy) is 2. The van der Waals surface area contributed by atoms with E-state index in [2.05, 4.69) is 11.4 Å². The first kappa shape index (κ1) is 21.4. The van der Waals surface area contributed by atoms with Crippen LogP contribution in [0.3, 0.4) is 0 Å². The molecule has 0 spiro atoms. The fourth-order valence-corrected chi connectivity index (χ4v) is 5.36. The summed E-state index contributed by atoms with van der Waals surface area (Å²) in [5.41, 5.74) is 3.54. The molecule has 31 heavy (non-hydrogen) atoms. The van der Waals surface area contributed by atoms with E-state index in [1.165, 1.54) is 4.88 Å². The van der Waals surface area contributed by atoms with Crippen molar-refractivity contribution >= 4 is 23.1 Å². The highest BCUT2D eigenvalue weighted by molar-refractivity contribution is 7.10. The molecule has 0 unspecified atom stereocenters. The summed E-state index contributed by atoms with van der Waals surface area (Å²) in [5.74, 6) is -0.0670. The summed E-state index contributed by atoms with van der Waals surface area (Å²) in [6.45, 7) is 5.52. The molecular weight excluding hydrogens is 410 g/mol. The van der Waals surface area contributed by atoms with Crippen LogP contribution in [0, 0.1) is 0 Å². The molecule has 0 bridgehead atoms. The summed E-state index contributed by atoms with van der Waals surface area (Å²) in [7, 11) is 1.60. The Morgan fingerprint density at radius 2 is 1.94 bits per heavy atom. The number of thiophene rings is 1. The van der Waals surface area contributed by atoms with Crippen molar-refractivity contribution in [2.45, 2.75) is 51.6 Å². The Morgan fingerprint density at radius 1 is 1.16 bits per heavy atom. The molecular formula is C25H27NO4S. The Labute approximate surface area is 186 Å². The molecule has 5 nitrogen and oxygen atoms in total. The van der Waals surface area contributed by atoms with Crippen LogP contribution in [-0.2, 0) is 14.3 Å². The van der Waals surface area contributed by atoms with E-state index in [9.17, 15) is 9.59 Å². The molecule has 0 amide bonds. The number of rotatable bonds is 5. The van der Waals surface area contributed by atoms with Crippen molar-refractivity contribution < 1.29 is 19.1 Å². The van der Waals surface area contributed by atoms with E-state index >= 15 is 0 Å². The lowest BCUT2D eigenvalue weighted by Crippen LogP contribution is -2.36. The first-order valence-electron chi connectivity index (χ1n) is 10.5. The van der Waals surface area contributed by atoms with Crippen molar-refractivity contribution in [1.82, 2.24) is 5.32 Å². The van der Waals surface area contributed by atoms with Crippen LogP contribution in [0.4, 0.5) is 0 Å². The average Bonchev–Trinajstić information content (AvgIpc) is 3.27. The highest BCUT2D eigenvalue weighted by Gasteiger charge is 2.42. The Balaban J connectivity index is 1.84. The first-order chi connectivity index (χ1) is 14.9. The minimum atomic E-state index is -0.518. The lowest BCUT2D eigenvalue weighted by Gasteiger charge is -2.37. The average molecular weight is 438 g/mol. The molecule has 4 rings (SSSR count). The third kappa shape index (κ3) is 4.04. The summed E-state index contributed by atoms with van der Waals surface area (Å²) in [5, 5.41) is 5.43. The van der Waals surface area contributed by atoms with E-state index in [4.69, 9.17) is 9.47 Å². The Morgan fingerprint density at radius 3 is 2.61 bits per heavy atom. The molecule has 2 aromatic rings. The Hall–Kier alpha value is -2.86. The standard InChI is InChI=1S/C25H27NO4S/c1-14(2)30-25(28)22-15(3)26-18-12-16(21-10-7-11-31-21)13-19(27)24(18)23(22)17-8-5-6-9-20(17)29-4/h5-11,14,16,23,26H,12-13H2,1-4H3/t16-,23+/m0/s1. The van der Waals surface area contributed by atoms with Gasteiger partial charge in [0.05, 0.1) is 24.7 Å². The number of carbonyl (C=O) groups excluding carboxylic acids is 2. The Kier molecular flexibility index (Phi) is 6.01. The SMILES string of the molecule is COc1ccccc1[C@@H]1C(C(=O)OC(C)C)=C(C)NC2=C1C(=O)C[C@@H](c1cccs1)C2. The molecule has 0 saturated carbocycles. The summed E-state index contributed by atoms with van der Waals surface area (Å²) in [4.78, 5) is 27.9. The predicted octanol–water partition coefficient (Wildman–Crippen LogP) is 5.07. The van der Waals surface area contributed by atoms with Gasteiger partial charge in [-0.2, -0.15) is 0 Å². The van der Waals surface area contributed by atoms with Crippen molar-refractivity contribution in [1.29, 1.82) is 0 Å². The van der Waals surface area contributed by atoms with Crippen LogP contribution in [0.2, 0.25) is 0 Å². The number of hydrogen-bond acceptors (Lipinski definition) is 6. The number of ketones is 1. The second kappa shape index (κ2) is 8.71. The quantitative estimate of drug-likeness (QED) is 0.662. The number of methoxy groups -OCH3 is 1. The van der Waals surface area contributed by atoms with Crippen molar-refractivity contribution in [2.75, 3.05) is 7.11 Å². The number of nitrogens with one attached hydrogen (secondary N) is 1. The van der Waals surface area contributed by atoms with Gasteiger partial charge >= 0.3 is 5.97 Å². The van der Waals surface area contributed by atoms with Gasteiger partial charge in [0, 0.05) is 39.7 Å². The molecule has 1 aromatic carbocycles. The molecule has 1 aromatic heterocycles. The van der Waals surface area contributed by atoms with Crippen LogP contribution in [-0.4, -0.2) is 25.0 Å². The van der Waals surface area contributed by atoms with Crippen LogP contribution in [0.1, 0.15) is 55.9 Å². The second-order valence-corrected chi connectivity index (χ2v) is 9.21. The molecule has 1 N–H and O–H groups in total. The maximum Gasteiger partial charge on any atom is 0.337 e. The van der Waals surface area contributed by atoms with Gasteiger partial charge in [-0.15, -0.1) is 11.3 Å². The van der Waals surface area contributed by atoms with Crippen LogP contribution >= 0.6 is 11.3 Å². The lowest BCUT2D eigenvalue weighted by molar-refractivity contribution is -0.143. The van der Waals surface area contributed by atoms with Crippen LogP contribution in [0.5, 0.6) is 5.75 Å². The zero-order valence-corrected chi connectivity index (χ0v) is 19.0. The maximum absolute atomic E-state index is 13.5. The molecule has 6 heteroatoms. The summed E-state index contributed by atoms with van der Waals surface area (Å²) in [6.07, 6.45) is 0.904. The number of benzene rings is 1. The lowest BCUT2D eigenvalue weighted by atomic mass is 9.72. The number of esters is 1. The minimum absolute atomic E-state index is 0.0606. The number of hydrogen-bond donors (Lipinski definition) is 1. The largest absolute Gasteiger partial charge is 0.496 e. The zero-order valence-electron chi connectivity index (χ0n) is 18.2. The van der Waals surface area contributed by atoms with Gasteiger partial charge in [-0.25, -0.2) is 4.79 Å². The third-order valence-corrected chi connectivity index (χ3v) is 6.82. The van der Waals surface area contributed by atoms with Gasteiger partial charge in [0.1, 0.15) is 5.75 Å². The van der Waals surface area contributed by atoms with E-state index in [0.717, 1.165) is 23.4 Å². The normalized spacial score (nSPS) is 21.1. The molecule has 162 valence electrons. The fraction of sp³-hybridized carbons (Fsp3) is 0.360. The van der Waals surface area contributed by atoms with E-state index < -0.39 is 11.9 Å². The number of dihydropyridines is 1. The van der Waals surface area contributed by atoms with E-state index in [1.807, 2.05) is 56.5 Å². The molecule has 2 atom stereocenters. The zero-order chi connectivity index (χ0) is 22.1. The molecule has 0 fully saturated rings. The van der Waals surface area contributed by atoms with Crippen LogP contribution in [0.15, 0.2) is 64.3 Å². The number of carbonyl (C=O) groups is 2. The monoisotopic (exact) mass is 437 g/mol. The van der Waals surface area contributed by atoms with Gasteiger partial charge in [-0.05, 0) is 44.7 Å².